The lowest BCUT2D eigenvalue weighted by molar-refractivity contribution is -0.0835. The Balaban J connectivity index is 1.76. The highest BCUT2D eigenvalue weighted by molar-refractivity contribution is 6.29. The number of ether oxygens (including phenoxy) is 1. The molecule has 1 aromatic carbocycles. The first kappa shape index (κ1) is 17.2. The van der Waals surface area contributed by atoms with Crippen LogP contribution >= 0.6 is 11.6 Å². The van der Waals surface area contributed by atoms with Crippen LogP contribution < -0.4 is 5.32 Å². The zero-order valence-electron chi connectivity index (χ0n) is 14.3. The first-order chi connectivity index (χ1) is 11.5. The van der Waals surface area contributed by atoms with E-state index < -0.39 is 0 Å². The van der Waals surface area contributed by atoms with Gasteiger partial charge in [0.1, 0.15) is 11.0 Å². The molecule has 0 aliphatic carbocycles. The largest absolute Gasteiger partial charge is 0.376 e. The molecule has 1 aromatic heterocycles. The monoisotopic (exact) mass is 345 g/mol. The number of hydrogen-bond acceptors (Lipinski definition) is 4. The molecule has 1 unspecified atom stereocenters. The van der Waals surface area contributed by atoms with Gasteiger partial charge in [-0.3, -0.25) is 4.98 Å². The van der Waals surface area contributed by atoms with Crippen LogP contribution in [0.25, 0.3) is 0 Å². The van der Waals surface area contributed by atoms with Crippen LogP contribution in [0.1, 0.15) is 38.7 Å². The lowest BCUT2D eigenvalue weighted by Gasteiger charge is -2.45. The average Bonchev–Trinajstić information content (AvgIpc) is 2.55. The maximum absolute atomic E-state index is 5.96. The SMILES string of the molecule is CC1(C)CC(CCNc2cncc(Cl)n2)(c2ccccc2)CCO1. The van der Waals surface area contributed by atoms with E-state index in [1.165, 1.54) is 5.56 Å². The lowest BCUT2D eigenvalue weighted by Crippen LogP contribution is -2.44. The number of hydrogen-bond donors (Lipinski definition) is 1. The van der Waals surface area contributed by atoms with Crippen molar-refractivity contribution in [3.8, 4) is 0 Å². The fraction of sp³-hybridized carbons (Fsp3) is 0.474. The van der Waals surface area contributed by atoms with E-state index in [2.05, 4.69) is 59.5 Å². The van der Waals surface area contributed by atoms with Gasteiger partial charge in [0.2, 0.25) is 0 Å². The van der Waals surface area contributed by atoms with Gasteiger partial charge >= 0.3 is 0 Å². The van der Waals surface area contributed by atoms with Gasteiger partial charge in [-0.25, -0.2) is 4.98 Å². The van der Waals surface area contributed by atoms with Crippen molar-refractivity contribution in [2.75, 3.05) is 18.5 Å². The molecule has 24 heavy (non-hydrogen) atoms. The molecule has 2 aromatic rings. The summed E-state index contributed by atoms with van der Waals surface area (Å²) in [7, 11) is 0. The Kier molecular flexibility index (Phi) is 5.07. The fourth-order valence-electron chi connectivity index (χ4n) is 3.73. The van der Waals surface area contributed by atoms with Crippen LogP contribution in [0.4, 0.5) is 5.82 Å². The van der Waals surface area contributed by atoms with E-state index in [4.69, 9.17) is 16.3 Å². The molecule has 0 radical (unpaired) electrons. The summed E-state index contributed by atoms with van der Waals surface area (Å²) < 4.78 is 5.96. The van der Waals surface area contributed by atoms with E-state index in [1.807, 2.05) is 0 Å². The van der Waals surface area contributed by atoms with E-state index in [0.29, 0.717) is 5.15 Å². The Morgan fingerprint density at radius 2 is 2.00 bits per heavy atom. The summed E-state index contributed by atoms with van der Waals surface area (Å²) >= 11 is 5.90. The molecule has 1 aliphatic rings. The van der Waals surface area contributed by atoms with Crippen LogP contribution in [0.15, 0.2) is 42.7 Å². The van der Waals surface area contributed by atoms with E-state index in [0.717, 1.165) is 38.2 Å². The summed E-state index contributed by atoms with van der Waals surface area (Å²) in [6.07, 6.45) is 6.29. The van der Waals surface area contributed by atoms with Gasteiger partial charge < -0.3 is 10.1 Å². The first-order valence-electron chi connectivity index (χ1n) is 8.40. The Bertz CT molecular complexity index is 677. The van der Waals surface area contributed by atoms with Crippen LogP contribution in [0.5, 0.6) is 0 Å². The van der Waals surface area contributed by atoms with Crippen molar-refractivity contribution in [1.82, 2.24) is 9.97 Å². The molecule has 4 nitrogen and oxygen atoms in total. The quantitative estimate of drug-likeness (QED) is 0.869. The molecular weight excluding hydrogens is 322 g/mol. The zero-order valence-corrected chi connectivity index (χ0v) is 15.0. The fourth-order valence-corrected chi connectivity index (χ4v) is 3.88. The smallest absolute Gasteiger partial charge is 0.149 e. The highest BCUT2D eigenvalue weighted by Crippen LogP contribution is 2.43. The third kappa shape index (κ3) is 4.05. The molecule has 1 atom stereocenters. The van der Waals surface area contributed by atoms with Gasteiger partial charge in [0.05, 0.1) is 18.0 Å². The van der Waals surface area contributed by atoms with Crippen LogP contribution in [-0.4, -0.2) is 28.7 Å². The predicted octanol–water partition coefficient (Wildman–Crippen LogP) is 4.46. The minimum Gasteiger partial charge on any atom is -0.376 e. The van der Waals surface area contributed by atoms with Crippen molar-refractivity contribution in [3.63, 3.8) is 0 Å². The van der Waals surface area contributed by atoms with E-state index in [1.54, 1.807) is 12.4 Å². The minimum absolute atomic E-state index is 0.107. The number of anilines is 1. The summed E-state index contributed by atoms with van der Waals surface area (Å²) in [5.74, 6) is 0.719. The molecule has 1 fully saturated rings. The Morgan fingerprint density at radius 1 is 1.21 bits per heavy atom. The van der Waals surface area contributed by atoms with Crippen molar-refractivity contribution >= 4 is 17.4 Å². The second-order valence-electron chi connectivity index (χ2n) is 7.09. The summed E-state index contributed by atoms with van der Waals surface area (Å²) in [6.45, 7) is 5.97. The number of halogens is 1. The predicted molar refractivity (Wildman–Crippen MR) is 97.5 cm³/mol. The van der Waals surface area contributed by atoms with E-state index in [9.17, 15) is 0 Å². The third-order valence-corrected chi connectivity index (χ3v) is 4.92. The van der Waals surface area contributed by atoms with Crippen molar-refractivity contribution in [2.45, 2.75) is 44.1 Å². The first-order valence-corrected chi connectivity index (χ1v) is 8.78. The van der Waals surface area contributed by atoms with Gasteiger partial charge in [-0.1, -0.05) is 41.9 Å². The van der Waals surface area contributed by atoms with Crippen LogP contribution in [0, 0.1) is 0 Å². The second kappa shape index (κ2) is 7.08. The van der Waals surface area contributed by atoms with Crippen LogP contribution in [0.2, 0.25) is 5.15 Å². The number of nitrogens with one attached hydrogen (secondary N) is 1. The number of aromatic nitrogens is 2. The highest BCUT2D eigenvalue weighted by Gasteiger charge is 2.41. The maximum Gasteiger partial charge on any atom is 0.149 e. The Labute approximate surface area is 148 Å². The Morgan fingerprint density at radius 3 is 2.71 bits per heavy atom. The minimum atomic E-state index is -0.107. The van der Waals surface area contributed by atoms with Crippen molar-refractivity contribution in [1.29, 1.82) is 0 Å². The number of nitrogens with zero attached hydrogens (tertiary/aromatic N) is 2. The van der Waals surface area contributed by atoms with E-state index in [-0.39, 0.29) is 11.0 Å². The average molecular weight is 346 g/mol. The number of rotatable bonds is 5. The maximum atomic E-state index is 5.96. The van der Waals surface area contributed by atoms with Gasteiger partial charge in [0, 0.05) is 18.6 Å². The molecule has 0 saturated carbocycles. The molecule has 1 saturated heterocycles. The van der Waals surface area contributed by atoms with Crippen LogP contribution in [0.3, 0.4) is 0 Å². The molecule has 1 N–H and O–H groups in total. The summed E-state index contributed by atoms with van der Waals surface area (Å²) in [5.41, 5.74) is 1.40. The molecular formula is C19H24ClN3O. The van der Waals surface area contributed by atoms with Crippen molar-refractivity contribution < 1.29 is 4.74 Å². The molecule has 0 amide bonds. The van der Waals surface area contributed by atoms with Gasteiger partial charge in [-0.2, -0.15) is 0 Å². The number of benzene rings is 1. The van der Waals surface area contributed by atoms with Crippen LogP contribution in [-0.2, 0) is 10.2 Å². The van der Waals surface area contributed by atoms with Crippen molar-refractivity contribution in [2.24, 2.45) is 0 Å². The third-order valence-electron chi connectivity index (χ3n) is 4.74. The lowest BCUT2D eigenvalue weighted by atomic mass is 9.67. The van der Waals surface area contributed by atoms with Gasteiger partial charge in [-0.15, -0.1) is 0 Å². The normalized spacial score (nSPS) is 23.0. The summed E-state index contributed by atoms with van der Waals surface area (Å²) in [6, 6.07) is 10.8. The standard InChI is InChI=1S/C19H24ClN3O/c1-18(2)14-19(9-11-24-18,15-6-4-3-5-7-15)8-10-22-17-13-21-12-16(20)23-17/h3-7,12-13H,8-11,14H2,1-2H3,(H,22,23). The molecule has 5 heteroatoms. The van der Waals surface area contributed by atoms with Gasteiger partial charge in [-0.05, 0) is 38.7 Å². The molecule has 3 rings (SSSR count). The second-order valence-corrected chi connectivity index (χ2v) is 7.47. The van der Waals surface area contributed by atoms with E-state index >= 15 is 0 Å². The summed E-state index contributed by atoms with van der Waals surface area (Å²) in [5, 5.41) is 3.76. The highest BCUT2D eigenvalue weighted by atomic mass is 35.5. The molecule has 0 spiro atoms. The van der Waals surface area contributed by atoms with Gasteiger partial charge in [0.25, 0.3) is 0 Å². The molecule has 128 valence electrons. The molecule has 2 heterocycles. The van der Waals surface area contributed by atoms with Gasteiger partial charge in [0.15, 0.2) is 0 Å². The molecule has 1 aliphatic heterocycles. The Hall–Kier alpha value is -1.65. The topological polar surface area (TPSA) is 47.0 Å². The van der Waals surface area contributed by atoms with Crippen molar-refractivity contribution in [3.05, 3.63) is 53.4 Å². The molecule has 0 bridgehead atoms. The zero-order chi connectivity index (χ0) is 17.0. The summed E-state index contributed by atoms with van der Waals surface area (Å²) in [4.78, 5) is 8.32.